The third-order valence-electron chi connectivity index (χ3n) is 4.42. The van der Waals surface area contributed by atoms with Crippen LogP contribution in [0.1, 0.15) is 12.8 Å². The number of ether oxygens (including phenoxy) is 2. The van der Waals surface area contributed by atoms with Crippen molar-refractivity contribution in [1.82, 2.24) is 5.32 Å². The van der Waals surface area contributed by atoms with Crippen LogP contribution in [0.15, 0.2) is 18.2 Å². The number of methoxy groups -OCH3 is 2. The lowest BCUT2D eigenvalue weighted by Gasteiger charge is -2.20. The number of hydrogen-bond donors (Lipinski definition) is 1. The molecule has 134 valence electrons. The SMILES string of the molecule is COc1ccc(OC)c(N2C[C@@H](C(=O)N[C@@H]3CCSC3=O)CC2=O)c1. The third kappa shape index (κ3) is 3.58. The van der Waals surface area contributed by atoms with E-state index in [0.29, 0.717) is 23.6 Å². The summed E-state index contributed by atoms with van der Waals surface area (Å²) in [6.45, 7) is 0.252. The molecule has 0 unspecified atom stereocenters. The molecule has 0 radical (unpaired) electrons. The number of anilines is 1. The summed E-state index contributed by atoms with van der Waals surface area (Å²) < 4.78 is 10.5. The monoisotopic (exact) mass is 364 g/mol. The summed E-state index contributed by atoms with van der Waals surface area (Å²) in [5, 5.41) is 2.76. The van der Waals surface area contributed by atoms with Gasteiger partial charge in [0.25, 0.3) is 0 Å². The Bertz CT molecular complexity index is 708. The van der Waals surface area contributed by atoms with Crippen molar-refractivity contribution in [2.24, 2.45) is 5.92 Å². The van der Waals surface area contributed by atoms with Gasteiger partial charge < -0.3 is 19.7 Å². The highest BCUT2D eigenvalue weighted by Crippen LogP contribution is 2.36. The molecule has 2 saturated heterocycles. The van der Waals surface area contributed by atoms with Crippen LogP contribution in [0.25, 0.3) is 0 Å². The van der Waals surface area contributed by atoms with Gasteiger partial charge in [-0.05, 0) is 18.6 Å². The highest BCUT2D eigenvalue weighted by molar-refractivity contribution is 8.14. The summed E-state index contributed by atoms with van der Waals surface area (Å²) in [4.78, 5) is 38.1. The Morgan fingerprint density at radius 2 is 2.08 bits per heavy atom. The van der Waals surface area contributed by atoms with E-state index in [1.807, 2.05) is 0 Å². The van der Waals surface area contributed by atoms with Crippen LogP contribution in [0.5, 0.6) is 11.5 Å². The molecule has 2 aliphatic heterocycles. The molecule has 8 heteroatoms. The smallest absolute Gasteiger partial charge is 0.227 e. The minimum atomic E-state index is -0.484. The minimum absolute atomic E-state index is 0.0102. The van der Waals surface area contributed by atoms with E-state index in [4.69, 9.17) is 9.47 Å². The Labute approximate surface area is 150 Å². The highest BCUT2D eigenvalue weighted by atomic mass is 32.2. The van der Waals surface area contributed by atoms with Crippen molar-refractivity contribution in [2.75, 3.05) is 31.4 Å². The Morgan fingerprint density at radius 3 is 2.72 bits per heavy atom. The van der Waals surface area contributed by atoms with E-state index < -0.39 is 12.0 Å². The summed E-state index contributed by atoms with van der Waals surface area (Å²) in [5.74, 6) is 0.974. The van der Waals surface area contributed by atoms with Crippen molar-refractivity contribution in [3.8, 4) is 11.5 Å². The molecular weight excluding hydrogens is 344 g/mol. The van der Waals surface area contributed by atoms with E-state index in [1.165, 1.54) is 23.8 Å². The molecule has 25 heavy (non-hydrogen) atoms. The van der Waals surface area contributed by atoms with Gasteiger partial charge in [-0.25, -0.2) is 0 Å². The van der Waals surface area contributed by atoms with E-state index in [-0.39, 0.29) is 29.9 Å². The maximum atomic E-state index is 12.4. The molecule has 0 aromatic heterocycles. The molecule has 1 aromatic rings. The number of benzene rings is 1. The van der Waals surface area contributed by atoms with Gasteiger partial charge in [-0.1, -0.05) is 11.8 Å². The van der Waals surface area contributed by atoms with Crippen molar-refractivity contribution in [2.45, 2.75) is 18.9 Å². The van der Waals surface area contributed by atoms with Crippen molar-refractivity contribution < 1.29 is 23.9 Å². The molecule has 3 rings (SSSR count). The fourth-order valence-electron chi connectivity index (χ4n) is 3.04. The van der Waals surface area contributed by atoms with Crippen molar-refractivity contribution >= 4 is 34.4 Å². The summed E-state index contributed by atoms with van der Waals surface area (Å²) >= 11 is 1.24. The molecule has 1 aromatic carbocycles. The van der Waals surface area contributed by atoms with Crippen molar-refractivity contribution in [3.63, 3.8) is 0 Å². The van der Waals surface area contributed by atoms with Crippen LogP contribution in [0.2, 0.25) is 0 Å². The number of thioether (sulfide) groups is 1. The Balaban J connectivity index is 1.74. The third-order valence-corrected chi connectivity index (χ3v) is 5.43. The number of nitrogens with one attached hydrogen (secondary N) is 1. The molecule has 0 bridgehead atoms. The number of nitrogens with zero attached hydrogens (tertiary/aromatic N) is 1. The standard InChI is InChI=1S/C17H20N2O5S/c1-23-11-3-4-14(24-2)13(8-11)19-9-10(7-15(19)20)16(21)18-12-5-6-25-17(12)22/h3-4,8,10,12H,5-7,9H2,1-2H3,(H,18,21)/t10-,12+/m0/s1. The van der Waals surface area contributed by atoms with Crippen LogP contribution < -0.4 is 19.7 Å². The molecule has 2 amide bonds. The molecular formula is C17H20N2O5S. The average molecular weight is 364 g/mol. The zero-order chi connectivity index (χ0) is 18.0. The Hall–Kier alpha value is -2.22. The van der Waals surface area contributed by atoms with Gasteiger partial charge >= 0.3 is 0 Å². The number of carbonyl (C=O) groups excluding carboxylic acids is 3. The van der Waals surface area contributed by atoms with Crippen molar-refractivity contribution in [3.05, 3.63) is 18.2 Å². The van der Waals surface area contributed by atoms with Gasteiger partial charge in [0, 0.05) is 24.8 Å². The van der Waals surface area contributed by atoms with Gasteiger partial charge in [0.1, 0.15) is 11.5 Å². The molecule has 1 N–H and O–H groups in total. The second kappa shape index (κ2) is 7.35. The van der Waals surface area contributed by atoms with Gasteiger partial charge in [0.05, 0.1) is 31.9 Å². The summed E-state index contributed by atoms with van der Waals surface area (Å²) in [6, 6.07) is 4.75. The van der Waals surface area contributed by atoms with Gasteiger partial charge in [-0.3, -0.25) is 14.4 Å². The number of hydrogen-bond acceptors (Lipinski definition) is 6. The van der Waals surface area contributed by atoms with Crippen LogP contribution >= 0.6 is 11.8 Å². The molecule has 2 heterocycles. The lowest BCUT2D eigenvalue weighted by molar-refractivity contribution is -0.128. The predicted octanol–water partition coefficient (Wildman–Crippen LogP) is 1.20. The second-order valence-electron chi connectivity index (χ2n) is 5.96. The van der Waals surface area contributed by atoms with Crippen LogP contribution in [0.3, 0.4) is 0 Å². The summed E-state index contributed by atoms with van der Waals surface area (Å²) in [5.41, 5.74) is 0.578. The lowest BCUT2D eigenvalue weighted by Crippen LogP contribution is -2.41. The van der Waals surface area contributed by atoms with Gasteiger partial charge in [-0.15, -0.1) is 0 Å². The van der Waals surface area contributed by atoms with E-state index in [2.05, 4.69) is 5.32 Å². The maximum Gasteiger partial charge on any atom is 0.227 e. The van der Waals surface area contributed by atoms with Crippen LogP contribution in [0, 0.1) is 5.92 Å². The Kier molecular flexibility index (Phi) is 5.17. The van der Waals surface area contributed by atoms with Gasteiger partial charge in [0.2, 0.25) is 16.9 Å². The molecule has 0 spiro atoms. The largest absolute Gasteiger partial charge is 0.497 e. The van der Waals surface area contributed by atoms with E-state index in [0.717, 1.165) is 5.75 Å². The first kappa shape index (κ1) is 17.6. The summed E-state index contributed by atoms with van der Waals surface area (Å²) in [7, 11) is 3.07. The lowest BCUT2D eigenvalue weighted by atomic mass is 10.1. The molecule has 2 atom stereocenters. The minimum Gasteiger partial charge on any atom is -0.497 e. The zero-order valence-corrected chi connectivity index (χ0v) is 14.9. The normalized spacial score (nSPS) is 23.0. The fourth-order valence-corrected chi connectivity index (χ4v) is 3.97. The van der Waals surface area contributed by atoms with E-state index >= 15 is 0 Å². The molecule has 0 aliphatic carbocycles. The second-order valence-corrected chi connectivity index (χ2v) is 7.06. The predicted molar refractivity (Wildman–Crippen MR) is 94.0 cm³/mol. The Morgan fingerprint density at radius 1 is 1.28 bits per heavy atom. The van der Waals surface area contributed by atoms with Crippen LogP contribution in [-0.4, -0.2) is 49.5 Å². The molecule has 2 aliphatic rings. The molecule has 7 nitrogen and oxygen atoms in total. The van der Waals surface area contributed by atoms with Gasteiger partial charge in [-0.2, -0.15) is 0 Å². The van der Waals surface area contributed by atoms with E-state index in [9.17, 15) is 14.4 Å². The first-order chi connectivity index (χ1) is 12.0. The average Bonchev–Trinajstić information content (AvgIpc) is 3.20. The quantitative estimate of drug-likeness (QED) is 0.845. The number of rotatable bonds is 5. The first-order valence-electron chi connectivity index (χ1n) is 8.03. The van der Waals surface area contributed by atoms with Crippen LogP contribution in [-0.2, 0) is 14.4 Å². The zero-order valence-electron chi connectivity index (χ0n) is 14.1. The molecule has 2 fully saturated rings. The topological polar surface area (TPSA) is 84.9 Å². The maximum absolute atomic E-state index is 12.4. The van der Waals surface area contributed by atoms with Crippen LogP contribution in [0.4, 0.5) is 5.69 Å². The van der Waals surface area contributed by atoms with Crippen molar-refractivity contribution in [1.29, 1.82) is 0 Å². The van der Waals surface area contributed by atoms with Gasteiger partial charge in [0.15, 0.2) is 0 Å². The summed E-state index contributed by atoms with van der Waals surface area (Å²) in [6.07, 6.45) is 0.754. The molecule has 0 saturated carbocycles. The fraction of sp³-hybridized carbons (Fsp3) is 0.471. The highest BCUT2D eigenvalue weighted by Gasteiger charge is 2.38. The number of amides is 2. The van der Waals surface area contributed by atoms with E-state index in [1.54, 1.807) is 25.3 Å². The number of carbonyl (C=O) groups is 3. The first-order valence-corrected chi connectivity index (χ1v) is 9.01.